The molecule has 0 saturated carbocycles. The molecule has 1 atom stereocenters. The first-order valence-corrected chi connectivity index (χ1v) is 14.5. The second-order valence-corrected chi connectivity index (χ2v) is 12.2. The van der Waals surface area contributed by atoms with Gasteiger partial charge in [0.25, 0.3) is 5.91 Å². The van der Waals surface area contributed by atoms with E-state index in [1.54, 1.807) is 18.2 Å². The van der Waals surface area contributed by atoms with Crippen LogP contribution in [-0.2, 0) is 23.0 Å². The van der Waals surface area contributed by atoms with Crippen molar-refractivity contribution in [2.45, 2.75) is 30.6 Å². The van der Waals surface area contributed by atoms with E-state index < -0.39 is 21.6 Å². The van der Waals surface area contributed by atoms with Gasteiger partial charge in [-0.1, -0.05) is 39.7 Å². The maximum atomic E-state index is 15.3. The van der Waals surface area contributed by atoms with Crippen LogP contribution in [0.3, 0.4) is 0 Å². The number of hydrogen-bond acceptors (Lipinski definition) is 6. The molecule has 1 heterocycles. The summed E-state index contributed by atoms with van der Waals surface area (Å²) in [7, 11) is -3.49. The zero-order chi connectivity index (χ0) is 26.7. The molecule has 1 aliphatic heterocycles. The van der Waals surface area contributed by atoms with Gasteiger partial charge in [-0.3, -0.25) is 9.69 Å². The van der Waals surface area contributed by atoms with Gasteiger partial charge >= 0.3 is 0 Å². The van der Waals surface area contributed by atoms with Crippen molar-refractivity contribution in [2.24, 2.45) is 0 Å². The van der Waals surface area contributed by atoms with E-state index in [0.29, 0.717) is 18.8 Å². The van der Waals surface area contributed by atoms with E-state index in [4.69, 9.17) is 16.3 Å². The number of carbonyl (C=O) groups is 1. The minimum Gasteiger partial charge on any atom is -0.488 e. The van der Waals surface area contributed by atoms with Gasteiger partial charge < -0.3 is 15.2 Å². The molecule has 11 heteroatoms. The number of rotatable bonds is 8. The monoisotopic (exact) mass is 610 g/mol. The van der Waals surface area contributed by atoms with Crippen molar-refractivity contribution in [3.8, 4) is 5.75 Å². The van der Waals surface area contributed by atoms with Crippen molar-refractivity contribution >= 4 is 49.0 Å². The summed E-state index contributed by atoms with van der Waals surface area (Å²) in [5, 5.41) is 12.3. The first-order valence-electron chi connectivity index (χ1n) is 11.4. The van der Waals surface area contributed by atoms with Crippen LogP contribution in [-0.4, -0.2) is 49.8 Å². The fourth-order valence-corrected chi connectivity index (χ4v) is 5.44. The molecule has 196 valence electrons. The van der Waals surface area contributed by atoms with E-state index in [-0.39, 0.29) is 39.4 Å². The molecule has 0 aliphatic carbocycles. The molecule has 2 N–H and O–H groups in total. The Balaban J connectivity index is 1.48. The number of β-amino-alcohol motifs (C(OH)–C–C–N with tert-alkyl or cyclic N) is 1. The molecule has 1 fully saturated rings. The summed E-state index contributed by atoms with van der Waals surface area (Å²) in [5.41, 5.74) is 1.10. The lowest BCUT2D eigenvalue weighted by molar-refractivity contribution is 0.102. The number of nitrogens with one attached hydrogen (secondary N) is 1. The number of sulfone groups is 1. The normalized spacial score (nSPS) is 16.1. The van der Waals surface area contributed by atoms with Crippen LogP contribution in [0, 0.1) is 5.82 Å². The van der Waals surface area contributed by atoms with Gasteiger partial charge in [0.15, 0.2) is 15.7 Å². The van der Waals surface area contributed by atoms with Gasteiger partial charge in [0, 0.05) is 41.5 Å². The molecule has 1 amide bonds. The fourth-order valence-electron chi connectivity index (χ4n) is 4.05. The summed E-state index contributed by atoms with van der Waals surface area (Å²) in [4.78, 5) is 14.8. The highest BCUT2D eigenvalue weighted by molar-refractivity contribution is 9.10. The lowest BCUT2D eigenvalue weighted by Crippen LogP contribution is -2.22. The van der Waals surface area contributed by atoms with E-state index in [1.807, 2.05) is 12.1 Å². The van der Waals surface area contributed by atoms with Crippen LogP contribution in [0.2, 0.25) is 5.02 Å². The van der Waals surface area contributed by atoms with Crippen molar-refractivity contribution in [1.82, 2.24) is 4.90 Å². The van der Waals surface area contributed by atoms with Gasteiger partial charge in [-0.05, 0) is 48.9 Å². The van der Waals surface area contributed by atoms with Gasteiger partial charge in [-0.15, -0.1) is 0 Å². The maximum Gasteiger partial charge on any atom is 0.257 e. The molecular formula is C26H25BrClFN2O5S. The number of anilines is 1. The van der Waals surface area contributed by atoms with Gasteiger partial charge in [-0.2, -0.15) is 0 Å². The highest BCUT2D eigenvalue weighted by Gasteiger charge is 2.22. The molecule has 0 bridgehead atoms. The summed E-state index contributed by atoms with van der Waals surface area (Å²) in [6.45, 7) is 1.88. The van der Waals surface area contributed by atoms with E-state index >= 15 is 4.39 Å². The molecule has 0 unspecified atom stereocenters. The minimum absolute atomic E-state index is 0.0154. The Bertz CT molecular complexity index is 1440. The van der Waals surface area contributed by atoms with Gasteiger partial charge in [0.2, 0.25) is 0 Å². The standard InChI is InChI=1S/C26H25BrClFN2O5S/c1-37(34,35)20-6-7-21(22(28)12-20)26(33)30-23-4-2-3-16(25(23)29)15-36-24-8-5-18(27)11-17(24)13-31-10-9-19(32)14-31/h2-8,11-12,19,32H,9-10,13-15H2,1H3,(H,30,33)/t19-/m0/s1. The second kappa shape index (κ2) is 11.5. The summed E-state index contributed by atoms with van der Waals surface area (Å²) in [5.74, 6) is -0.734. The summed E-state index contributed by atoms with van der Waals surface area (Å²) in [6, 6.07) is 13.9. The Labute approximate surface area is 228 Å². The molecule has 37 heavy (non-hydrogen) atoms. The van der Waals surface area contributed by atoms with Crippen LogP contribution in [0.1, 0.15) is 27.9 Å². The Kier molecular flexibility index (Phi) is 8.55. The molecule has 3 aromatic rings. The number of halogens is 3. The number of aliphatic hydroxyl groups excluding tert-OH is 1. The van der Waals surface area contributed by atoms with E-state index in [2.05, 4.69) is 26.1 Å². The lowest BCUT2D eigenvalue weighted by atomic mass is 10.1. The van der Waals surface area contributed by atoms with Crippen molar-refractivity contribution in [3.63, 3.8) is 0 Å². The molecular weight excluding hydrogens is 587 g/mol. The van der Waals surface area contributed by atoms with Gasteiger partial charge in [0.05, 0.1) is 27.3 Å². The topological polar surface area (TPSA) is 95.9 Å². The fraction of sp³-hybridized carbons (Fsp3) is 0.269. The maximum absolute atomic E-state index is 15.3. The van der Waals surface area contributed by atoms with Gasteiger partial charge in [-0.25, -0.2) is 12.8 Å². The van der Waals surface area contributed by atoms with Crippen LogP contribution in [0.4, 0.5) is 10.1 Å². The van der Waals surface area contributed by atoms with Gasteiger partial charge in [0.1, 0.15) is 12.4 Å². The van der Waals surface area contributed by atoms with Crippen LogP contribution in [0.25, 0.3) is 0 Å². The summed E-state index contributed by atoms with van der Waals surface area (Å²) in [6.07, 6.45) is 1.42. The van der Waals surface area contributed by atoms with Crippen molar-refractivity contribution in [2.75, 3.05) is 24.7 Å². The molecule has 7 nitrogen and oxygen atoms in total. The summed E-state index contributed by atoms with van der Waals surface area (Å²) >= 11 is 9.59. The van der Waals surface area contributed by atoms with Crippen molar-refractivity contribution < 1.29 is 27.4 Å². The lowest BCUT2D eigenvalue weighted by Gasteiger charge is -2.19. The van der Waals surface area contributed by atoms with Crippen LogP contribution < -0.4 is 10.1 Å². The molecule has 0 radical (unpaired) electrons. The zero-order valence-electron chi connectivity index (χ0n) is 19.9. The third-order valence-electron chi connectivity index (χ3n) is 5.99. The Morgan fingerprint density at radius 3 is 2.68 bits per heavy atom. The average molecular weight is 612 g/mol. The third kappa shape index (κ3) is 6.88. The number of likely N-dealkylation sites (tertiary alicyclic amines) is 1. The largest absolute Gasteiger partial charge is 0.488 e. The molecule has 3 aromatic carbocycles. The quantitative estimate of drug-likeness (QED) is 0.371. The average Bonchev–Trinajstić information content (AvgIpc) is 3.24. The van der Waals surface area contributed by atoms with E-state index in [1.165, 1.54) is 24.3 Å². The molecule has 4 rings (SSSR count). The number of ether oxygens (including phenoxy) is 1. The van der Waals surface area contributed by atoms with Crippen LogP contribution >= 0.6 is 27.5 Å². The highest BCUT2D eigenvalue weighted by atomic mass is 79.9. The third-order valence-corrected chi connectivity index (χ3v) is 7.90. The molecule has 1 saturated heterocycles. The van der Waals surface area contributed by atoms with Crippen molar-refractivity contribution in [3.05, 3.63) is 86.6 Å². The van der Waals surface area contributed by atoms with Crippen molar-refractivity contribution in [1.29, 1.82) is 0 Å². The first-order chi connectivity index (χ1) is 17.5. The zero-order valence-corrected chi connectivity index (χ0v) is 23.0. The predicted molar refractivity (Wildman–Crippen MR) is 143 cm³/mol. The number of aliphatic hydroxyl groups is 1. The van der Waals surface area contributed by atoms with E-state index in [9.17, 15) is 18.3 Å². The molecule has 1 aliphatic rings. The second-order valence-electron chi connectivity index (χ2n) is 8.86. The predicted octanol–water partition coefficient (Wildman–Crippen LogP) is 5.04. The first kappa shape index (κ1) is 27.5. The number of carbonyl (C=O) groups excluding carboxylic acids is 1. The number of nitrogens with zero attached hydrogens (tertiary/aromatic N) is 1. The number of hydrogen-bond donors (Lipinski definition) is 2. The van der Waals surface area contributed by atoms with Crippen LogP contribution in [0.5, 0.6) is 5.75 Å². The minimum atomic E-state index is -3.49. The van der Waals surface area contributed by atoms with Crippen LogP contribution in [0.15, 0.2) is 64.0 Å². The Hall–Kier alpha value is -2.50. The smallest absolute Gasteiger partial charge is 0.257 e. The summed E-state index contributed by atoms with van der Waals surface area (Å²) < 4.78 is 45.5. The SMILES string of the molecule is CS(=O)(=O)c1ccc(C(=O)Nc2cccc(COc3ccc(Br)cc3CN3CC[C@H](O)C3)c2F)c(Cl)c1. The number of benzene rings is 3. The Morgan fingerprint density at radius 1 is 1.22 bits per heavy atom. The highest BCUT2D eigenvalue weighted by Crippen LogP contribution is 2.28. The molecule has 0 spiro atoms. The van der Waals surface area contributed by atoms with E-state index in [0.717, 1.165) is 29.3 Å². The molecule has 0 aromatic heterocycles. The Morgan fingerprint density at radius 2 is 2.00 bits per heavy atom. The number of amides is 1.